The lowest BCUT2D eigenvalue weighted by Crippen LogP contribution is -2.56. The van der Waals surface area contributed by atoms with E-state index in [1.54, 1.807) is 0 Å². The number of alkyl halides is 1. The number of hydrogen-bond donors (Lipinski definition) is 3. The van der Waals surface area contributed by atoms with Gasteiger partial charge in [0.1, 0.15) is 0 Å². The van der Waals surface area contributed by atoms with Crippen molar-refractivity contribution in [2.24, 2.45) is 0 Å². The number of carbonyl (C=O) groups is 2. The van der Waals surface area contributed by atoms with E-state index in [0.29, 0.717) is 0 Å². The summed E-state index contributed by atoms with van der Waals surface area (Å²) in [6, 6.07) is -1.39. The van der Waals surface area contributed by atoms with Crippen molar-refractivity contribution in [2.75, 3.05) is 26.2 Å². The molecule has 0 heterocycles. The maximum absolute atomic E-state index is 11.7. The monoisotopic (exact) mass is 299 g/mol. The molecule has 7 nitrogen and oxygen atoms in total. The molecule has 0 aliphatic heterocycles. The van der Waals surface area contributed by atoms with Gasteiger partial charge in [0.15, 0.2) is 6.04 Å². The van der Waals surface area contributed by atoms with E-state index in [0.717, 1.165) is 0 Å². The van der Waals surface area contributed by atoms with Gasteiger partial charge in [0.05, 0.1) is 11.9 Å². The molecule has 0 saturated heterocycles. The predicted molar refractivity (Wildman–Crippen MR) is 57.2 cm³/mol. The lowest BCUT2D eigenvalue weighted by Gasteiger charge is -2.28. The minimum Gasteiger partial charge on any atom is -0.480 e. The molecule has 16 heavy (non-hydrogen) atoms. The maximum Gasteiger partial charge on any atom is 0.328 e. The first-order chi connectivity index (χ1) is 7.47. The van der Waals surface area contributed by atoms with Crippen LogP contribution in [-0.2, 0) is 19.1 Å². The highest BCUT2D eigenvalue weighted by Gasteiger charge is 2.39. The van der Waals surface area contributed by atoms with E-state index >= 15 is 0 Å². The van der Waals surface area contributed by atoms with Crippen LogP contribution in [0.1, 0.15) is 0 Å². The number of hydrogen-bond acceptors (Lipinski definition) is 5. The molecule has 3 N–H and O–H groups in total. The van der Waals surface area contributed by atoms with Crippen molar-refractivity contribution in [2.45, 2.75) is 11.8 Å². The third-order valence-corrected chi connectivity index (χ3v) is 2.71. The number of halogens is 1. The molecule has 1 amide bonds. The summed E-state index contributed by atoms with van der Waals surface area (Å²) in [7, 11) is 2.50. The number of methoxy groups -OCH3 is 2. The summed E-state index contributed by atoms with van der Waals surface area (Å²) in [5.74, 6) is -3.73. The van der Waals surface area contributed by atoms with Crippen molar-refractivity contribution in [1.82, 2.24) is 5.32 Å². The van der Waals surface area contributed by atoms with Crippen molar-refractivity contribution in [3.8, 4) is 0 Å². The summed E-state index contributed by atoms with van der Waals surface area (Å²) in [5.41, 5.74) is 0. The Hall–Kier alpha value is -0.700. The Bertz CT molecular complexity index is 247. The van der Waals surface area contributed by atoms with Gasteiger partial charge in [-0.2, -0.15) is 0 Å². The minimum absolute atomic E-state index is 0.0244. The summed E-state index contributed by atoms with van der Waals surface area (Å²) < 4.78 is 9.73. The molecule has 0 aromatic rings. The van der Waals surface area contributed by atoms with Crippen LogP contribution < -0.4 is 5.32 Å². The van der Waals surface area contributed by atoms with Crippen LogP contribution in [0.15, 0.2) is 0 Å². The molecular formula is C8H14BrNO6. The Labute approximate surface area is 101 Å². The first-order valence-corrected chi connectivity index (χ1v) is 5.40. The number of aliphatic hydroxyl groups excluding tert-OH is 1. The standard InChI is InChI=1S/C8H14BrNO6/c1-15-8(4-9,16-2)7(14)10-5(3-11)6(12)13/h5,11H,3-4H2,1-2H3,(H,10,14)(H,12,13)/t5-/m0/s1. The van der Waals surface area contributed by atoms with Crippen LogP contribution in [0.2, 0.25) is 0 Å². The van der Waals surface area contributed by atoms with E-state index in [1.807, 2.05) is 0 Å². The number of ether oxygens (including phenoxy) is 2. The molecule has 0 spiro atoms. The molecule has 0 aromatic carbocycles. The number of carboxylic acid groups (broad SMARTS) is 1. The Morgan fingerprint density at radius 2 is 1.94 bits per heavy atom. The first-order valence-electron chi connectivity index (χ1n) is 4.28. The van der Waals surface area contributed by atoms with Crippen LogP contribution >= 0.6 is 15.9 Å². The molecule has 0 saturated carbocycles. The van der Waals surface area contributed by atoms with E-state index in [2.05, 4.69) is 21.2 Å². The number of carbonyl (C=O) groups excluding carboxylic acids is 1. The molecule has 0 aliphatic rings. The zero-order chi connectivity index (χ0) is 12.8. The van der Waals surface area contributed by atoms with Gasteiger partial charge in [-0.1, -0.05) is 15.9 Å². The van der Waals surface area contributed by atoms with Crippen molar-refractivity contribution in [3.05, 3.63) is 0 Å². The Morgan fingerprint density at radius 3 is 2.19 bits per heavy atom. The van der Waals surface area contributed by atoms with E-state index in [9.17, 15) is 9.59 Å². The fourth-order valence-electron chi connectivity index (χ4n) is 0.892. The Kier molecular flexibility index (Phi) is 6.49. The third-order valence-electron chi connectivity index (χ3n) is 1.97. The van der Waals surface area contributed by atoms with E-state index in [-0.39, 0.29) is 5.33 Å². The van der Waals surface area contributed by atoms with Crippen LogP contribution in [0.3, 0.4) is 0 Å². The molecule has 0 bridgehead atoms. The van der Waals surface area contributed by atoms with E-state index in [1.165, 1.54) is 14.2 Å². The highest BCUT2D eigenvalue weighted by atomic mass is 79.9. The molecule has 0 fully saturated rings. The molecule has 8 heteroatoms. The van der Waals surface area contributed by atoms with Gasteiger partial charge < -0.3 is 25.0 Å². The molecule has 1 atom stereocenters. The van der Waals surface area contributed by atoms with Crippen LogP contribution in [0.25, 0.3) is 0 Å². The maximum atomic E-state index is 11.7. The summed E-state index contributed by atoms with van der Waals surface area (Å²) in [6.45, 7) is -0.715. The van der Waals surface area contributed by atoms with Gasteiger partial charge in [0.2, 0.25) is 0 Å². The Balaban J connectivity index is 4.70. The smallest absolute Gasteiger partial charge is 0.328 e. The van der Waals surface area contributed by atoms with Crippen molar-refractivity contribution in [3.63, 3.8) is 0 Å². The third kappa shape index (κ3) is 3.41. The molecule has 0 unspecified atom stereocenters. The number of aliphatic hydroxyl groups is 1. The summed E-state index contributed by atoms with van der Waals surface area (Å²) in [6.07, 6.45) is 0. The highest BCUT2D eigenvalue weighted by molar-refractivity contribution is 9.09. The van der Waals surface area contributed by atoms with Crippen LogP contribution in [0.5, 0.6) is 0 Å². The second kappa shape index (κ2) is 6.79. The topological polar surface area (TPSA) is 105 Å². The van der Waals surface area contributed by atoms with Gasteiger partial charge in [0, 0.05) is 14.2 Å². The fraction of sp³-hybridized carbons (Fsp3) is 0.750. The number of aliphatic carboxylic acids is 1. The van der Waals surface area contributed by atoms with Crippen molar-refractivity contribution >= 4 is 27.8 Å². The zero-order valence-electron chi connectivity index (χ0n) is 8.90. The summed E-state index contributed by atoms with van der Waals surface area (Å²) in [5, 5.41) is 19.5. The minimum atomic E-state index is -1.61. The second-order valence-electron chi connectivity index (χ2n) is 2.84. The first kappa shape index (κ1) is 15.3. The van der Waals surface area contributed by atoms with E-state index in [4.69, 9.17) is 19.7 Å². The highest BCUT2D eigenvalue weighted by Crippen LogP contribution is 2.15. The van der Waals surface area contributed by atoms with Gasteiger partial charge in [0.25, 0.3) is 11.7 Å². The molecule has 94 valence electrons. The molecule has 0 aliphatic carbocycles. The largest absolute Gasteiger partial charge is 0.480 e. The van der Waals surface area contributed by atoms with Crippen molar-refractivity contribution in [1.29, 1.82) is 0 Å². The van der Waals surface area contributed by atoms with Gasteiger partial charge in [-0.25, -0.2) is 4.79 Å². The normalized spacial score (nSPS) is 13.2. The van der Waals surface area contributed by atoms with Crippen LogP contribution in [-0.4, -0.2) is 60.1 Å². The van der Waals surface area contributed by atoms with Crippen LogP contribution in [0, 0.1) is 0 Å². The summed E-state index contributed by atoms with van der Waals surface area (Å²) >= 11 is 3.02. The number of amides is 1. The summed E-state index contributed by atoms with van der Waals surface area (Å²) in [4.78, 5) is 22.3. The second-order valence-corrected chi connectivity index (χ2v) is 3.40. The molecule has 0 radical (unpaired) electrons. The molecule has 0 aromatic heterocycles. The van der Waals surface area contributed by atoms with Gasteiger partial charge >= 0.3 is 5.97 Å². The fourth-order valence-corrected chi connectivity index (χ4v) is 1.60. The van der Waals surface area contributed by atoms with Gasteiger partial charge in [-0.15, -0.1) is 0 Å². The van der Waals surface area contributed by atoms with Gasteiger partial charge in [-0.3, -0.25) is 4.79 Å². The average Bonchev–Trinajstić information content (AvgIpc) is 2.28. The van der Waals surface area contributed by atoms with E-state index < -0.39 is 30.3 Å². The van der Waals surface area contributed by atoms with Crippen LogP contribution in [0.4, 0.5) is 0 Å². The molecule has 0 rings (SSSR count). The predicted octanol–water partition coefficient (Wildman–Crippen LogP) is -1.07. The SMILES string of the molecule is COC(CBr)(OC)C(=O)N[C@@H](CO)C(=O)O. The number of carboxylic acids is 1. The average molecular weight is 300 g/mol. The lowest BCUT2D eigenvalue weighted by molar-refractivity contribution is -0.199. The lowest BCUT2D eigenvalue weighted by atomic mass is 10.2. The molecular weight excluding hydrogens is 286 g/mol. The zero-order valence-corrected chi connectivity index (χ0v) is 10.5. The van der Waals surface area contributed by atoms with Gasteiger partial charge in [-0.05, 0) is 0 Å². The number of nitrogens with one attached hydrogen (secondary N) is 1. The van der Waals surface area contributed by atoms with Crippen molar-refractivity contribution < 1.29 is 29.3 Å². The number of rotatable bonds is 7. The quantitative estimate of drug-likeness (QED) is 0.408. The Morgan fingerprint density at radius 1 is 1.44 bits per heavy atom.